The van der Waals surface area contributed by atoms with Gasteiger partial charge in [-0.2, -0.15) is 0 Å². The summed E-state index contributed by atoms with van der Waals surface area (Å²) in [5, 5.41) is 5.70. The Labute approximate surface area is 99.7 Å². The van der Waals surface area contributed by atoms with Gasteiger partial charge in [-0.05, 0) is 24.3 Å². The summed E-state index contributed by atoms with van der Waals surface area (Å²) in [7, 11) is 1.78. The van der Waals surface area contributed by atoms with E-state index >= 15 is 0 Å². The van der Waals surface area contributed by atoms with Crippen LogP contribution in [0.2, 0.25) is 0 Å². The van der Waals surface area contributed by atoms with Crippen molar-refractivity contribution in [1.29, 1.82) is 0 Å². The van der Waals surface area contributed by atoms with Gasteiger partial charge in [0.25, 0.3) is 5.91 Å². The quantitative estimate of drug-likeness (QED) is 0.846. The van der Waals surface area contributed by atoms with Crippen LogP contribution in [0.1, 0.15) is 10.4 Å². The normalized spacial score (nSPS) is 9.71. The number of rotatable bonds is 3. The zero-order valence-electron chi connectivity index (χ0n) is 9.47. The molecule has 1 heterocycles. The fourth-order valence-electron chi connectivity index (χ4n) is 1.40. The van der Waals surface area contributed by atoms with Crippen molar-refractivity contribution in [3.63, 3.8) is 0 Å². The molecule has 4 heteroatoms. The van der Waals surface area contributed by atoms with Crippen LogP contribution in [0.3, 0.4) is 0 Å². The minimum Gasteiger partial charge on any atom is -0.373 e. The monoisotopic (exact) mass is 227 g/mol. The molecule has 4 nitrogen and oxygen atoms in total. The summed E-state index contributed by atoms with van der Waals surface area (Å²) >= 11 is 0. The summed E-state index contributed by atoms with van der Waals surface area (Å²) in [6.45, 7) is 0. The first-order chi connectivity index (χ1) is 8.29. The zero-order valence-corrected chi connectivity index (χ0v) is 9.47. The van der Waals surface area contributed by atoms with Crippen molar-refractivity contribution in [2.75, 3.05) is 17.7 Å². The van der Waals surface area contributed by atoms with Gasteiger partial charge in [-0.15, -0.1) is 0 Å². The third kappa shape index (κ3) is 2.81. The van der Waals surface area contributed by atoms with Gasteiger partial charge < -0.3 is 10.6 Å². The molecular formula is C13H13N3O. The van der Waals surface area contributed by atoms with Gasteiger partial charge in [-0.25, -0.2) is 4.98 Å². The summed E-state index contributed by atoms with van der Waals surface area (Å²) in [5.41, 5.74) is 1.31. The number of anilines is 2. The average molecular weight is 227 g/mol. The van der Waals surface area contributed by atoms with Crippen LogP contribution in [0, 0.1) is 0 Å². The van der Waals surface area contributed by atoms with Crippen LogP contribution in [0.15, 0.2) is 48.7 Å². The number of carbonyl (C=O) groups excluding carboxylic acids is 1. The Hall–Kier alpha value is -2.36. The number of benzene rings is 1. The number of nitrogens with zero attached hydrogens (tertiary/aromatic N) is 1. The highest BCUT2D eigenvalue weighted by Crippen LogP contribution is 2.09. The van der Waals surface area contributed by atoms with Crippen molar-refractivity contribution in [2.24, 2.45) is 0 Å². The van der Waals surface area contributed by atoms with Gasteiger partial charge in [0.2, 0.25) is 0 Å². The fourth-order valence-corrected chi connectivity index (χ4v) is 1.40. The molecule has 0 aliphatic rings. The van der Waals surface area contributed by atoms with E-state index in [0.29, 0.717) is 5.56 Å². The Morgan fingerprint density at radius 3 is 2.47 bits per heavy atom. The minimum absolute atomic E-state index is 0.161. The van der Waals surface area contributed by atoms with Crippen LogP contribution < -0.4 is 10.6 Å². The summed E-state index contributed by atoms with van der Waals surface area (Å²) < 4.78 is 0. The van der Waals surface area contributed by atoms with E-state index in [2.05, 4.69) is 15.6 Å². The first-order valence-electron chi connectivity index (χ1n) is 5.30. The first kappa shape index (κ1) is 11.1. The van der Waals surface area contributed by atoms with Crippen LogP contribution in [0.5, 0.6) is 0 Å². The van der Waals surface area contributed by atoms with Crippen molar-refractivity contribution in [2.45, 2.75) is 0 Å². The third-order valence-corrected chi connectivity index (χ3v) is 2.31. The average Bonchev–Trinajstić information content (AvgIpc) is 2.40. The van der Waals surface area contributed by atoms with Gasteiger partial charge in [0.15, 0.2) is 0 Å². The van der Waals surface area contributed by atoms with Crippen molar-refractivity contribution < 1.29 is 4.79 Å². The molecule has 0 saturated heterocycles. The number of aromatic nitrogens is 1. The molecule has 2 aromatic rings. The van der Waals surface area contributed by atoms with Gasteiger partial charge in [0.05, 0.1) is 5.56 Å². The van der Waals surface area contributed by atoms with Crippen LogP contribution >= 0.6 is 0 Å². The van der Waals surface area contributed by atoms with E-state index < -0.39 is 0 Å². The van der Waals surface area contributed by atoms with Gasteiger partial charge >= 0.3 is 0 Å². The number of nitrogens with one attached hydrogen (secondary N) is 2. The van der Waals surface area contributed by atoms with Crippen molar-refractivity contribution >= 4 is 17.4 Å². The zero-order chi connectivity index (χ0) is 12.1. The standard InChI is InChI=1S/C13H13N3O/c1-14-12-8-7-10(9-15-12)13(17)16-11-5-3-2-4-6-11/h2-9H,1H3,(H,14,15)(H,16,17). The minimum atomic E-state index is -0.161. The number of para-hydroxylation sites is 1. The van der Waals surface area contributed by atoms with Crippen LogP contribution in [-0.2, 0) is 0 Å². The summed E-state index contributed by atoms with van der Waals surface area (Å²) in [6, 6.07) is 12.8. The second-order valence-electron chi connectivity index (χ2n) is 3.50. The van der Waals surface area contributed by atoms with E-state index in [1.165, 1.54) is 0 Å². The lowest BCUT2D eigenvalue weighted by molar-refractivity contribution is 0.102. The van der Waals surface area contributed by atoms with Crippen molar-refractivity contribution in [1.82, 2.24) is 4.98 Å². The predicted molar refractivity (Wildman–Crippen MR) is 68.2 cm³/mol. The lowest BCUT2D eigenvalue weighted by atomic mass is 10.2. The Morgan fingerprint density at radius 2 is 1.88 bits per heavy atom. The fraction of sp³-hybridized carbons (Fsp3) is 0.0769. The maximum absolute atomic E-state index is 11.8. The van der Waals surface area contributed by atoms with Crippen molar-refractivity contribution in [3.8, 4) is 0 Å². The Balaban J connectivity index is 2.09. The Kier molecular flexibility index (Phi) is 3.35. The first-order valence-corrected chi connectivity index (χ1v) is 5.30. The third-order valence-electron chi connectivity index (χ3n) is 2.31. The van der Waals surface area contributed by atoms with E-state index in [0.717, 1.165) is 11.5 Å². The van der Waals surface area contributed by atoms with Crippen LogP contribution in [-0.4, -0.2) is 17.9 Å². The van der Waals surface area contributed by atoms with E-state index in [1.807, 2.05) is 30.3 Å². The molecule has 1 aromatic heterocycles. The second-order valence-corrected chi connectivity index (χ2v) is 3.50. The van der Waals surface area contributed by atoms with Gasteiger partial charge in [0.1, 0.15) is 5.82 Å². The summed E-state index contributed by atoms with van der Waals surface area (Å²) in [5.74, 6) is 0.576. The molecule has 2 rings (SSSR count). The van der Waals surface area contributed by atoms with Crippen molar-refractivity contribution in [3.05, 3.63) is 54.2 Å². The molecule has 1 amide bonds. The molecule has 0 atom stereocenters. The van der Waals surface area contributed by atoms with E-state index in [1.54, 1.807) is 25.4 Å². The molecule has 86 valence electrons. The molecule has 0 unspecified atom stereocenters. The lowest BCUT2D eigenvalue weighted by Gasteiger charge is -2.05. The highest BCUT2D eigenvalue weighted by molar-refractivity contribution is 6.04. The Bertz CT molecular complexity index is 494. The SMILES string of the molecule is CNc1ccc(C(=O)Nc2ccccc2)cn1. The molecular weight excluding hydrogens is 214 g/mol. The predicted octanol–water partition coefficient (Wildman–Crippen LogP) is 2.38. The molecule has 2 N–H and O–H groups in total. The highest BCUT2D eigenvalue weighted by Gasteiger charge is 2.05. The van der Waals surface area contributed by atoms with E-state index in [-0.39, 0.29) is 5.91 Å². The maximum Gasteiger partial charge on any atom is 0.257 e. The van der Waals surface area contributed by atoms with Crippen LogP contribution in [0.25, 0.3) is 0 Å². The van der Waals surface area contributed by atoms with Gasteiger partial charge in [-0.3, -0.25) is 4.79 Å². The molecule has 1 aromatic carbocycles. The summed E-state index contributed by atoms with van der Waals surface area (Å²) in [4.78, 5) is 15.9. The van der Waals surface area contributed by atoms with E-state index in [4.69, 9.17) is 0 Å². The maximum atomic E-state index is 11.8. The number of hydrogen-bond donors (Lipinski definition) is 2. The molecule has 0 bridgehead atoms. The molecule has 0 aliphatic carbocycles. The smallest absolute Gasteiger partial charge is 0.257 e. The molecule has 0 radical (unpaired) electrons. The molecule has 0 fully saturated rings. The molecule has 17 heavy (non-hydrogen) atoms. The molecule has 0 spiro atoms. The van der Waals surface area contributed by atoms with E-state index in [9.17, 15) is 4.79 Å². The summed E-state index contributed by atoms with van der Waals surface area (Å²) in [6.07, 6.45) is 1.55. The van der Waals surface area contributed by atoms with Gasteiger partial charge in [-0.1, -0.05) is 18.2 Å². The molecule has 0 saturated carbocycles. The Morgan fingerprint density at radius 1 is 1.12 bits per heavy atom. The lowest BCUT2D eigenvalue weighted by Crippen LogP contribution is -2.12. The number of hydrogen-bond acceptors (Lipinski definition) is 3. The van der Waals surface area contributed by atoms with Gasteiger partial charge in [0, 0.05) is 18.9 Å². The topological polar surface area (TPSA) is 54.0 Å². The largest absolute Gasteiger partial charge is 0.373 e. The van der Waals surface area contributed by atoms with Crippen LogP contribution in [0.4, 0.5) is 11.5 Å². The highest BCUT2D eigenvalue weighted by atomic mass is 16.1. The molecule has 0 aliphatic heterocycles. The second kappa shape index (κ2) is 5.12. The number of carbonyl (C=O) groups is 1. The number of amides is 1. The number of pyridine rings is 1.